The molecule has 0 saturated heterocycles. The summed E-state index contributed by atoms with van der Waals surface area (Å²) in [7, 11) is 0. The average Bonchev–Trinajstić information content (AvgIpc) is 1.79. The molecule has 4 nitrogen and oxygen atoms in total. The van der Waals surface area contributed by atoms with E-state index in [2.05, 4.69) is 11.8 Å². The SMILES string of the molecule is CC=CCCO.OP(O)(O)=S. The Balaban J connectivity index is 0. The minimum atomic E-state index is -3.81. The lowest BCUT2D eigenvalue weighted by Crippen LogP contribution is -1.73. The van der Waals surface area contributed by atoms with Gasteiger partial charge in [0.25, 0.3) is 0 Å². The lowest BCUT2D eigenvalue weighted by molar-refractivity contribution is 0.302. The lowest BCUT2D eigenvalue weighted by atomic mass is 10.4. The monoisotopic (exact) mass is 200 g/mol. The molecule has 0 amide bonds. The number of hydrogen-bond donors (Lipinski definition) is 4. The molecule has 4 N–H and O–H groups in total. The van der Waals surface area contributed by atoms with Crippen molar-refractivity contribution >= 4 is 18.5 Å². The van der Waals surface area contributed by atoms with E-state index in [-0.39, 0.29) is 6.61 Å². The van der Waals surface area contributed by atoms with Crippen LogP contribution in [0.15, 0.2) is 12.2 Å². The number of aliphatic hydroxyl groups excluding tert-OH is 1. The molecule has 0 aliphatic carbocycles. The maximum Gasteiger partial charge on any atom is 0.319 e. The summed E-state index contributed by atoms with van der Waals surface area (Å²) in [6.07, 6.45) is 4.65. The summed E-state index contributed by atoms with van der Waals surface area (Å²) in [5, 5.41) is 8.15. The first-order valence-corrected chi connectivity index (χ1v) is 5.58. The molecule has 0 rings (SSSR count). The van der Waals surface area contributed by atoms with E-state index in [1.54, 1.807) is 0 Å². The van der Waals surface area contributed by atoms with Crippen LogP contribution in [-0.4, -0.2) is 26.4 Å². The zero-order valence-electron chi connectivity index (χ0n) is 6.21. The van der Waals surface area contributed by atoms with E-state index in [1.165, 1.54) is 0 Å². The zero-order chi connectivity index (χ0) is 9.33. The molecular weight excluding hydrogens is 187 g/mol. The Kier molecular flexibility index (Phi) is 10.4. The lowest BCUT2D eigenvalue weighted by Gasteiger charge is -1.88. The number of aliphatic hydroxyl groups is 1. The highest BCUT2D eigenvalue weighted by atomic mass is 32.5. The molecule has 0 radical (unpaired) electrons. The molecule has 0 aromatic carbocycles. The van der Waals surface area contributed by atoms with Crippen molar-refractivity contribution in [1.29, 1.82) is 0 Å². The molecular formula is C5H13O4PS. The highest BCUT2D eigenvalue weighted by Gasteiger charge is 1.92. The highest BCUT2D eigenvalue weighted by Crippen LogP contribution is 2.26. The van der Waals surface area contributed by atoms with E-state index in [0.29, 0.717) is 0 Å². The zero-order valence-corrected chi connectivity index (χ0v) is 7.92. The van der Waals surface area contributed by atoms with Crippen LogP contribution in [0.5, 0.6) is 0 Å². The number of rotatable bonds is 2. The third kappa shape index (κ3) is 66.4. The Labute approximate surface area is 71.1 Å². The Morgan fingerprint density at radius 1 is 1.36 bits per heavy atom. The van der Waals surface area contributed by atoms with Crippen molar-refractivity contribution in [2.24, 2.45) is 0 Å². The predicted octanol–water partition coefficient (Wildman–Crippen LogP) is 0.133. The number of hydrogen-bond acceptors (Lipinski definition) is 2. The highest BCUT2D eigenvalue weighted by molar-refractivity contribution is 8.06. The van der Waals surface area contributed by atoms with Crippen LogP contribution in [0, 0.1) is 0 Å². The minimum Gasteiger partial charge on any atom is -0.396 e. The first-order chi connectivity index (χ1) is 4.91. The molecule has 0 unspecified atom stereocenters. The fourth-order valence-corrected chi connectivity index (χ4v) is 0.241. The van der Waals surface area contributed by atoms with Gasteiger partial charge in [0.1, 0.15) is 0 Å². The molecule has 6 heteroatoms. The Hall–Kier alpha value is 0.230. The smallest absolute Gasteiger partial charge is 0.319 e. The first-order valence-electron chi connectivity index (χ1n) is 2.92. The van der Waals surface area contributed by atoms with Crippen LogP contribution >= 0.6 is 6.72 Å². The number of allylic oxidation sites excluding steroid dienone is 1. The third-order valence-corrected chi connectivity index (χ3v) is 0.531. The Bertz CT molecular complexity index is 133. The van der Waals surface area contributed by atoms with Crippen LogP contribution in [-0.2, 0) is 11.8 Å². The molecule has 11 heavy (non-hydrogen) atoms. The third-order valence-electron chi connectivity index (χ3n) is 0.531. The second-order valence-corrected chi connectivity index (χ2v) is 4.09. The van der Waals surface area contributed by atoms with Gasteiger partial charge in [-0.1, -0.05) is 12.2 Å². The van der Waals surface area contributed by atoms with Crippen LogP contribution < -0.4 is 0 Å². The molecule has 0 aliphatic rings. The first kappa shape index (κ1) is 13.8. The topological polar surface area (TPSA) is 80.9 Å². The molecule has 0 bridgehead atoms. The van der Waals surface area contributed by atoms with Gasteiger partial charge in [-0.2, -0.15) is 0 Å². The van der Waals surface area contributed by atoms with Gasteiger partial charge in [0.05, 0.1) is 0 Å². The van der Waals surface area contributed by atoms with E-state index >= 15 is 0 Å². The molecule has 0 aromatic rings. The molecule has 0 spiro atoms. The van der Waals surface area contributed by atoms with Gasteiger partial charge in [-0.3, -0.25) is 0 Å². The fraction of sp³-hybridized carbons (Fsp3) is 0.600. The molecule has 0 aliphatic heterocycles. The molecule has 0 saturated carbocycles. The maximum atomic E-state index is 8.15. The summed E-state index contributed by atoms with van der Waals surface area (Å²) < 4.78 is 0. The summed E-state index contributed by atoms with van der Waals surface area (Å²) in [6.45, 7) is -1.60. The van der Waals surface area contributed by atoms with Crippen molar-refractivity contribution in [1.82, 2.24) is 0 Å². The minimum absolute atomic E-state index is 0.268. The van der Waals surface area contributed by atoms with Crippen molar-refractivity contribution in [2.45, 2.75) is 13.3 Å². The largest absolute Gasteiger partial charge is 0.396 e. The summed E-state index contributed by atoms with van der Waals surface area (Å²) in [4.78, 5) is 22.7. The molecule has 0 heterocycles. The predicted molar refractivity (Wildman–Crippen MR) is 47.5 cm³/mol. The van der Waals surface area contributed by atoms with Gasteiger partial charge >= 0.3 is 6.72 Å². The van der Waals surface area contributed by atoms with E-state index in [9.17, 15) is 0 Å². The summed E-state index contributed by atoms with van der Waals surface area (Å²) >= 11 is 3.60. The average molecular weight is 200 g/mol. The van der Waals surface area contributed by atoms with Gasteiger partial charge in [-0.15, -0.1) is 0 Å². The van der Waals surface area contributed by atoms with Crippen molar-refractivity contribution in [3.63, 3.8) is 0 Å². The fourth-order valence-electron chi connectivity index (χ4n) is 0.241. The van der Waals surface area contributed by atoms with Crippen LogP contribution in [0.4, 0.5) is 0 Å². The van der Waals surface area contributed by atoms with Crippen LogP contribution in [0.1, 0.15) is 13.3 Å². The summed E-state index contributed by atoms with van der Waals surface area (Å²) in [6, 6.07) is 0. The van der Waals surface area contributed by atoms with Crippen molar-refractivity contribution in [3.8, 4) is 0 Å². The van der Waals surface area contributed by atoms with E-state index < -0.39 is 6.72 Å². The van der Waals surface area contributed by atoms with Gasteiger partial charge in [-0.05, 0) is 25.2 Å². The molecule has 0 aromatic heterocycles. The van der Waals surface area contributed by atoms with E-state index in [1.807, 2.05) is 19.1 Å². The van der Waals surface area contributed by atoms with Crippen LogP contribution in [0.25, 0.3) is 0 Å². The van der Waals surface area contributed by atoms with E-state index in [4.69, 9.17) is 19.8 Å². The molecule has 0 fully saturated rings. The van der Waals surface area contributed by atoms with Gasteiger partial charge in [-0.25, -0.2) is 0 Å². The van der Waals surface area contributed by atoms with Crippen molar-refractivity contribution in [2.75, 3.05) is 6.61 Å². The van der Waals surface area contributed by atoms with Crippen LogP contribution in [0.2, 0.25) is 0 Å². The van der Waals surface area contributed by atoms with Gasteiger partial charge in [0.15, 0.2) is 0 Å². The molecule has 68 valence electrons. The summed E-state index contributed by atoms with van der Waals surface area (Å²) in [5.74, 6) is 0. The second kappa shape index (κ2) is 8.33. The maximum absolute atomic E-state index is 8.15. The van der Waals surface area contributed by atoms with Gasteiger partial charge in [0.2, 0.25) is 0 Å². The van der Waals surface area contributed by atoms with Gasteiger partial charge in [0, 0.05) is 6.61 Å². The second-order valence-electron chi connectivity index (χ2n) is 1.59. The Morgan fingerprint density at radius 3 is 1.82 bits per heavy atom. The van der Waals surface area contributed by atoms with E-state index in [0.717, 1.165) is 6.42 Å². The Morgan fingerprint density at radius 2 is 1.73 bits per heavy atom. The van der Waals surface area contributed by atoms with Crippen molar-refractivity contribution < 1.29 is 19.8 Å². The van der Waals surface area contributed by atoms with Gasteiger partial charge < -0.3 is 19.8 Å². The van der Waals surface area contributed by atoms with Crippen molar-refractivity contribution in [3.05, 3.63) is 12.2 Å². The molecule has 0 atom stereocenters. The standard InChI is InChI=1S/C5H10O.H3O3PS/c1-2-3-4-5-6;1-4(2,3)5/h2-3,6H,4-5H2,1H3;(H3,1,2,3,5). The normalized spacial score (nSPS) is 11.0. The summed E-state index contributed by atoms with van der Waals surface area (Å²) in [5.41, 5.74) is 0. The quantitative estimate of drug-likeness (QED) is 0.376. The van der Waals surface area contributed by atoms with Crippen LogP contribution in [0.3, 0.4) is 0 Å².